The van der Waals surface area contributed by atoms with Gasteiger partial charge in [-0.15, -0.1) is 0 Å². The highest BCUT2D eigenvalue weighted by atomic mass is 19.2. The predicted molar refractivity (Wildman–Crippen MR) is 147 cm³/mol. The smallest absolute Gasteiger partial charge is 0.166 e. The molecule has 3 aromatic rings. The van der Waals surface area contributed by atoms with Crippen molar-refractivity contribution < 1.29 is 22.6 Å². The molecule has 0 aliphatic heterocycles. The van der Waals surface area contributed by atoms with Crippen LogP contribution in [0.5, 0.6) is 5.75 Å². The van der Waals surface area contributed by atoms with E-state index in [1.807, 2.05) is 37.3 Å². The normalized spacial score (nSPS) is 17.5. The first-order valence-electron chi connectivity index (χ1n) is 14.0. The Hall–Kier alpha value is -2.79. The zero-order valence-corrected chi connectivity index (χ0v) is 22.6. The van der Waals surface area contributed by atoms with E-state index >= 15 is 4.39 Å². The van der Waals surface area contributed by atoms with Crippen molar-refractivity contribution in [1.29, 1.82) is 0 Å². The molecule has 0 N–H and O–H groups in total. The van der Waals surface area contributed by atoms with Gasteiger partial charge in [0.2, 0.25) is 0 Å². The number of ether oxygens (including phenoxy) is 2. The Kier molecular flexibility index (Phi) is 10.3. The molecule has 1 fully saturated rings. The molecular weight excluding hydrogens is 485 g/mol. The lowest BCUT2D eigenvalue weighted by Gasteiger charge is -2.29. The molecule has 0 bridgehead atoms. The van der Waals surface area contributed by atoms with Crippen molar-refractivity contribution in [3.8, 4) is 16.9 Å². The van der Waals surface area contributed by atoms with Gasteiger partial charge >= 0.3 is 0 Å². The molecule has 1 saturated carbocycles. The highest BCUT2D eigenvalue weighted by molar-refractivity contribution is 5.65. The molecule has 38 heavy (non-hydrogen) atoms. The first-order chi connectivity index (χ1) is 18.5. The van der Waals surface area contributed by atoms with Crippen molar-refractivity contribution in [3.63, 3.8) is 0 Å². The van der Waals surface area contributed by atoms with Gasteiger partial charge in [0.25, 0.3) is 0 Å². The summed E-state index contributed by atoms with van der Waals surface area (Å²) in [5, 5.41) is 0. The third kappa shape index (κ3) is 7.41. The second-order valence-corrected chi connectivity index (χ2v) is 10.5. The van der Waals surface area contributed by atoms with E-state index in [1.165, 1.54) is 25.3 Å². The molecule has 2 nitrogen and oxygen atoms in total. The zero-order chi connectivity index (χ0) is 26.9. The van der Waals surface area contributed by atoms with Crippen LogP contribution in [0.4, 0.5) is 13.2 Å². The van der Waals surface area contributed by atoms with E-state index in [-0.39, 0.29) is 23.6 Å². The summed E-state index contributed by atoms with van der Waals surface area (Å²) in [7, 11) is 0. The molecule has 0 heterocycles. The van der Waals surface area contributed by atoms with Gasteiger partial charge in [0.15, 0.2) is 23.2 Å². The summed E-state index contributed by atoms with van der Waals surface area (Å²) < 4.78 is 56.1. The number of unbranched alkanes of at least 4 members (excludes halogenated alkanes) is 4. The molecule has 0 saturated heterocycles. The van der Waals surface area contributed by atoms with Crippen molar-refractivity contribution >= 4 is 0 Å². The average Bonchev–Trinajstić information content (AvgIpc) is 2.93. The van der Waals surface area contributed by atoms with Crippen molar-refractivity contribution in [2.45, 2.75) is 90.3 Å². The number of halogens is 3. The molecule has 204 valence electrons. The van der Waals surface area contributed by atoms with E-state index in [0.717, 1.165) is 49.7 Å². The van der Waals surface area contributed by atoms with Gasteiger partial charge in [-0.25, -0.2) is 13.2 Å². The Morgan fingerprint density at radius 3 is 2.24 bits per heavy atom. The van der Waals surface area contributed by atoms with Crippen LogP contribution in [-0.4, -0.2) is 12.7 Å². The van der Waals surface area contributed by atoms with Gasteiger partial charge in [-0.2, -0.15) is 0 Å². The lowest BCUT2D eigenvalue weighted by Crippen LogP contribution is -2.21. The fourth-order valence-corrected chi connectivity index (χ4v) is 5.23. The molecule has 0 spiro atoms. The van der Waals surface area contributed by atoms with Gasteiger partial charge in [0.1, 0.15) is 0 Å². The third-order valence-electron chi connectivity index (χ3n) is 7.58. The molecule has 0 unspecified atom stereocenters. The van der Waals surface area contributed by atoms with E-state index in [9.17, 15) is 8.78 Å². The SMILES string of the molecule is CCCCCCCOc1ccc(COC2CCC(c3ccc(-c4ccc(C)cc4)c(F)c3F)CC2)cc1F. The summed E-state index contributed by atoms with van der Waals surface area (Å²) in [5.41, 5.74) is 3.25. The molecule has 3 aromatic carbocycles. The first kappa shape index (κ1) is 28.2. The fraction of sp³-hybridized carbons (Fsp3) is 0.455. The number of hydrogen-bond donors (Lipinski definition) is 0. The minimum atomic E-state index is -0.782. The lowest BCUT2D eigenvalue weighted by molar-refractivity contribution is 0.0130. The lowest BCUT2D eigenvalue weighted by atomic mass is 9.82. The Balaban J connectivity index is 1.25. The third-order valence-corrected chi connectivity index (χ3v) is 7.58. The van der Waals surface area contributed by atoms with Gasteiger partial charge < -0.3 is 9.47 Å². The topological polar surface area (TPSA) is 18.5 Å². The van der Waals surface area contributed by atoms with Crippen LogP contribution < -0.4 is 4.74 Å². The van der Waals surface area contributed by atoms with Crippen LogP contribution in [0, 0.1) is 24.4 Å². The summed E-state index contributed by atoms with van der Waals surface area (Å²) in [5.74, 6) is -1.64. The van der Waals surface area contributed by atoms with E-state index in [4.69, 9.17) is 9.47 Å². The summed E-state index contributed by atoms with van der Waals surface area (Å²) >= 11 is 0. The molecule has 0 atom stereocenters. The van der Waals surface area contributed by atoms with E-state index in [2.05, 4.69) is 6.92 Å². The first-order valence-corrected chi connectivity index (χ1v) is 14.0. The largest absolute Gasteiger partial charge is 0.491 e. The quantitative estimate of drug-likeness (QED) is 0.220. The van der Waals surface area contributed by atoms with Crippen molar-refractivity contribution in [1.82, 2.24) is 0 Å². The number of hydrogen-bond acceptors (Lipinski definition) is 2. The highest BCUT2D eigenvalue weighted by Crippen LogP contribution is 2.38. The number of benzene rings is 3. The zero-order valence-electron chi connectivity index (χ0n) is 22.6. The molecule has 5 heteroatoms. The van der Waals surface area contributed by atoms with Crippen LogP contribution in [-0.2, 0) is 11.3 Å². The van der Waals surface area contributed by atoms with E-state index < -0.39 is 11.6 Å². The summed E-state index contributed by atoms with van der Waals surface area (Å²) in [6.07, 6.45) is 8.63. The minimum Gasteiger partial charge on any atom is -0.491 e. The van der Waals surface area contributed by atoms with Crippen molar-refractivity contribution in [2.75, 3.05) is 6.61 Å². The van der Waals surface area contributed by atoms with Gasteiger partial charge in [0, 0.05) is 5.56 Å². The average molecular weight is 525 g/mol. The van der Waals surface area contributed by atoms with Crippen LogP contribution in [0.3, 0.4) is 0 Å². The second-order valence-electron chi connectivity index (χ2n) is 10.5. The van der Waals surface area contributed by atoms with Crippen LogP contribution >= 0.6 is 0 Å². The molecule has 1 aliphatic carbocycles. The Bertz CT molecular complexity index is 1170. The summed E-state index contributed by atoms with van der Waals surface area (Å²) in [6, 6.07) is 15.8. The molecule has 1 aliphatic rings. The van der Waals surface area contributed by atoms with Crippen LogP contribution in [0.2, 0.25) is 0 Å². The fourth-order valence-electron chi connectivity index (χ4n) is 5.23. The van der Waals surface area contributed by atoms with Crippen LogP contribution in [0.1, 0.15) is 87.3 Å². The molecule has 0 radical (unpaired) electrons. The maximum Gasteiger partial charge on any atom is 0.166 e. The predicted octanol–water partition coefficient (Wildman–Crippen LogP) is 9.67. The number of aryl methyl sites for hydroxylation is 1. The number of rotatable bonds is 12. The van der Waals surface area contributed by atoms with Gasteiger partial charge in [0.05, 0.1) is 19.3 Å². The van der Waals surface area contributed by atoms with Crippen LogP contribution in [0.25, 0.3) is 11.1 Å². The van der Waals surface area contributed by atoms with Gasteiger partial charge in [-0.05, 0) is 73.8 Å². The van der Waals surface area contributed by atoms with E-state index in [1.54, 1.807) is 18.2 Å². The van der Waals surface area contributed by atoms with Gasteiger partial charge in [-0.3, -0.25) is 0 Å². The summed E-state index contributed by atoms with van der Waals surface area (Å²) in [6.45, 7) is 4.99. The minimum absolute atomic E-state index is 0.0214. The Morgan fingerprint density at radius 1 is 0.789 bits per heavy atom. The molecular formula is C33H39F3O2. The molecule has 0 amide bonds. The second kappa shape index (κ2) is 13.8. The maximum atomic E-state index is 15.0. The Labute approximate surface area is 225 Å². The van der Waals surface area contributed by atoms with E-state index in [0.29, 0.717) is 29.9 Å². The monoisotopic (exact) mass is 524 g/mol. The summed E-state index contributed by atoms with van der Waals surface area (Å²) in [4.78, 5) is 0. The van der Waals surface area contributed by atoms with Crippen LogP contribution in [0.15, 0.2) is 54.6 Å². The Morgan fingerprint density at radius 2 is 1.53 bits per heavy atom. The standard InChI is InChI=1S/C33H39F3O2/c1-3-4-5-6-7-20-37-31-19-10-24(21-30(31)34)22-38-27-15-13-26(14-16-27)29-18-17-28(32(35)33(29)36)25-11-8-23(2)9-12-25/h8-12,17-19,21,26-27H,3-7,13-16,20,22H2,1-2H3. The molecule has 4 rings (SSSR count). The molecule has 0 aromatic heterocycles. The maximum absolute atomic E-state index is 15.0. The highest BCUT2D eigenvalue weighted by Gasteiger charge is 2.27. The van der Waals surface area contributed by atoms with Gasteiger partial charge in [-0.1, -0.05) is 80.6 Å². The van der Waals surface area contributed by atoms with Crippen molar-refractivity contribution in [3.05, 3.63) is 88.7 Å². The van der Waals surface area contributed by atoms with Crippen molar-refractivity contribution in [2.24, 2.45) is 0 Å².